The predicted molar refractivity (Wildman–Crippen MR) is 71.1 cm³/mol. The lowest BCUT2D eigenvalue weighted by Gasteiger charge is -2.14. The molecule has 1 aromatic carbocycles. The Morgan fingerprint density at radius 2 is 1.89 bits per heavy atom. The Kier molecular flexibility index (Phi) is 3.19. The number of aromatic amines is 1. The first-order valence-corrected chi connectivity index (χ1v) is 5.74. The third kappa shape index (κ3) is 2.14. The van der Waals surface area contributed by atoms with E-state index in [2.05, 4.69) is 16.0 Å². The minimum atomic E-state index is -0.349. The van der Waals surface area contributed by atoms with Gasteiger partial charge in [0.2, 0.25) is 0 Å². The van der Waals surface area contributed by atoms with Gasteiger partial charge in [0.1, 0.15) is 5.75 Å². The highest BCUT2D eigenvalue weighted by molar-refractivity contribution is 5.73. The molecular formula is C14H16N2O2. The quantitative estimate of drug-likeness (QED) is 0.882. The molecule has 1 heterocycles. The lowest BCUT2D eigenvalue weighted by molar-refractivity contribution is 0.415. The largest absolute Gasteiger partial charge is 0.496 e. The van der Waals surface area contributed by atoms with Gasteiger partial charge in [0.15, 0.2) is 0 Å². The fourth-order valence-electron chi connectivity index (χ4n) is 2.13. The summed E-state index contributed by atoms with van der Waals surface area (Å²) in [4.78, 5) is 17.9. The highest BCUT2D eigenvalue weighted by atomic mass is 16.5. The van der Waals surface area contributed by atoms with Crippen molar-refractivity contribution < 1.29 is 4.74 Å². The van der Waals surface area contributed by atoms with Crippen molar-refractivity contribution in [2.75, 3.05) is 7.11 Å². The van der Waals surface area contributed by atoms with E-state index in [1.165, 1.54) is 0 Å². The van der Waals surface area contributed by atoms with Crippen LogP contribution in [-0.4, -0.2) is 17.1 Å². The topological polar surface area (TPSA) is 55.0 Å². The van der Waals surface area contributed by atoms with Crippen LogP contribution in [0.1, 0.15) is 16.7 Å². The van der Waals surface area contributed by atoms with E-state index in [0.29, 0.717) is 0 Å². The summed E-state index contributed by atoms with van der Waals surface area (Å²) in [6, 6.07) is 4.02. The molecule has 4 nitrogen and oxygen atoms in total. The molecule has 2 aromatic rings. The molecule has 0 bridgehead atoms. The van der Waals surface area contributed by atoms with E-state index in [4.69, 9.17) is 4.74 Å². The summed E-state index contributed by atoms with van der Waals surface area (Å²) >= 11 is 0. The smallest absolute Gasteiger partial charge is 0.345 e. The highest BCUT2D eigenvalue weighted by Crippen LogP contribution is 2.33. The third-order valence-corrected chi connectivity index (χ3v) is 2.92. The molecule has 0 aliphatic rings. The van der Waals surface area contributed by atoms with Crippen LogP contribution in [-0.2, 0) is 0 Å². The van der Waals surface area contributed by atoms with Crippen LogP contribution >= 0.6 is 0 Å². The van der Waals surface area contributed by atoms with Gasteiger partial charge in [-0.1, -0.05) is 6.07 Å². The van der Waals surface area contributed by atoms with Gasteiger partial charge in [-0.25, -0.2) is 9.78 Å². The van der Waals surface area contributed by atoms with Crippen LogP contribution in [0, 0.1) is 20.8 Å². The van der Waals surface area contributed by atoms with Gasteiger partial charge in [0.05, 0.1) is 12.8 Å². The molecule has 0 saturated heterocycles. The van der Waals surface area contributed by atoms with Crippen molar-refractivity contribution in [1.82, 2.24) is 9.97 Å². The Balaban J connectivity index is 2.78. The molecule has 0 atom stereocenters. The Morgan fingerprint density at radius 1 is 1.17 bits per heavy atom. The third-order valence-electron chi connectivity index (χ3n) is 2.92. The molecule has 0 unspecified atom stereocenters. The van der Waals surface area contributed by atoms with Crippen LogP contribution in [0.3, 0.4) is 0 Å². The molecule has 94 valence electrons. The fourth-order valence-corrected chi connectivity index (χ4v) is 2.13. The van der Waals surface area contributed by atoms with Crippen molar-refractivity contribution in [2.45, 2.75) is 20.8 Å². The Hall–Kier alpha value is -2.10. The average molecular weight is 244 g/mol. The van der Waals surface area contributed by atoms with Crippen molar-refractivity contribution in [3.8, 4) is 17.0 Å². The molecule has 0 amide bonds. The second-order valence-electron chi connectivity index (χ2n) is 4.41. The van der Waals surface area contributed by atoms with Crippen LogP contribution < -0.4 is 10.4 Å². The SMILES string of the molecule is COc1cc(C)cc(C)c1-c1[nH]c(=O)ncc1C. The second-order valence-corrected chi connectivity index (χ2v) is 4.41. The monoisotopic (exact) mass is 244 g/mol. The number of hydrogen-bond donors (Lipinski definition) is 1. The molecule has 0 saturated carbocycles. The standard InChI is InChI=1S/C14H16N2O2/c1-8-5-9(2)12(11(6-8)18-4)13-10(3)7-15-14(17)16-13/h5-7H,1-4H3,(H,15,16,17). The minimum Gasteiger partial charge on any atom is -0.496 e. The maximum absolute atomic E-state index is 11.4. The zero-order chi connectivity index (χ0) is 13.3. The summed E-state index contributed by atoms with van der Waals surface area (Å²) in [6.45, 7) is 5.93. The predicted octanol–water partition coefficient (Wildman–Crippen LogP) is 2.37. The summed E-state index contributed by atoms with van der Waals surface area (Å²) in [5, 5.41) is 0. The van der Waals surface area contributed by atoms with Gasteiger partial charge in [-0.15, -0.1) is 0 Å². The normalized spacial score (nSPS) is 10.4. The Morgan fingerprint density at radius 3 is 2.56 bits per heavy atom. The van der Waals surface area contributed by atoms with Crippen LogP contribution in [0.5, 0.6) is 5.75 Å². The molecule has 1 aromatic heterocycles. The van der Waals surface area contributed by atoms with Gasteiger partial charge in [-0.2, -0.15) is 0 Å². The van der Waals surface area contributed by atoms with E-state index in [1.54, 1.807) is 13.3 Å². The zero-order valence-electron chi connectivity index (χ0n) is 11.0. The molecule has 0 spiro atoms. The van der Waals surface area contributed by atoms with Crippen LogP contribution in [0.4, 0.5) is 0 Å². The number of ether oxygens (including phenoxy) is 1. The average Bonchev–Trinajstić information content (AvgIpc) is 2.32. The maximum Gasteiger partial charge on any atom is 0.345 e. The number of rotatable bonds is 2. The van der Waals surface area contributed by atoms with Gasteiger partial charge in [0, 0.05) is 11.8 Å². The molecule has 0 aliphatic heterocycles. The van der Waals surface area contributed by atoms with E-state index < -0.39 is 0 Å². The van der Waals surface area contributed by atoms with Crippen LogP contribution in [0.25, 0.3) is 11.3 Å². The number of methoxy groups -OCH3 is 1. The first-order chi connectivity index (χ1) is 8.52. The maximum atomic E-state index is 11.4. The van der Waals surface area contributed by atoms with Gasteiger partial charge in [-0.3, -0.25) is 0 Å². The lowest BCUT2D eigenvalue weighted by Crippen LogP contribution is -2.12. The Labute approximate surface area is 106 Å². The van der Waals surface area contributed by atoms with E-state index >= 15 is 0 Å². The van der Waals surface area contributed by atoms with Crippen molar-refractivity contribution in [1.29, 1.82) is 0 Å². The molecular weight excluding hydrogens is 228 g/mol. The van der Waals surface area contributed by atoms with Crippen LogP contribution in [0.2, 0.25) is 0 Å². The first kappa shape index (κ1) is 12.4. The molecule has 0 radical (unpaired) electrons. The van der Waals surface area contributed by atoms with Crippen LogP contribution in [0.15, 0.2) is 23.1 Å². The zero-order valence-corrected chi connectivity index (χ0v) is 11.0. The first-order valence-electron chi connectivity index (χ1n) is 5.74. The second kappa shape index (κ2) is 4.64. The number of H-pyrrole nitrogens is 1. The summed E-state index contributed by atoms with van der Waals surface area (Å²) < 4.78 is 5.41. The van der Waals surface area contributed by atoms with E-state index in [-0.39, 0.29) is 5.69 Å². The molecule has 0 aliphatic carbocycles. The van der Waals surface area contributed by atoms with Crippen molar-refractivity contribution in [2.24, 2.45) is 0 Å². The van der Waals surface area contributed by atoms with E-state index in [9.17, 15) is 4.79 Å². The number of hydrogen-bond acceptors (Lipinski definition) is 3. The van der Waals surface area contributed by atoms with E-state index in [0.717, 1.165) is 33.7 Å². The molecule has 18 heavy (non-hydrogen) atoms. The molecule has 2 rings (SSSR count). The lowest BCUT2D eigenvalue weighted by atomic mass is 9.99. The van der Waals surface area contributed by atoms with Gasteiger partial charge >= 0.3 is 5.69 Å². The minimum absolute atomic E-state index is 0.349. The summed E-state index contributed by atoms with van der Waals surface area (Å²) in [6.07, 6.45) is 1.58. The summed E-state index contributed by atoms with van der Waals surface area (Å²) in [5.74, 6) is 0.762. The number of nitrogens with zero attached hydrogens (tertiary/aromatic N) is 1. The fraction of sp³-hybridized carbons (Fsp3) is 0.286. The van der Waals surface area contributed by atoms with Crippen molar-refractivity contribution >= 4 is 0 Å². The van der Waals surface area contributed by atoms with Gasteiger partial charge in [0.25, 0.3) is 0 Å². The van der Waals surface area contributed by atoms with Crippen molar-refractivity contribution in [3.63, 3.8) is 0 Å². The summed E-state index contributed by atoms with van der Waals surface area (Å²) in [5.41, 5.74) is 4.45. The van der Waals surface area contributed by atoms with Gasteiger partial charge < -0.3 is 9.72 Å². The van der Waals surface area contributed by atoms with E-state index in [1.807, 2.05) is 26.8 Å². The highest BCUT2D eigenvalue weighted by Gasteiger charge is 2.13. The molecule has 0 fully saturated rings. The summed E-state index contributed by atoms with van der Waals surface area (Å²) in [7, 11) is 1.63. The van der Waals surface area contributed by atoms with Crippen molar-refractivity contribution in [3.05, 3.63) is 45.5 Å². The Bertz CT molecular complexity index is 645. The molecule has 1 N–H and O–H groups in total. The number of benzene rings is 1. The van der Waals surface area contributed by atoms with Gasteiger partial charge in [-0.05, 0) is 43.5 Å². The number of aromatic nitrogens is 2. The number of aryl methyl sites for hydroxylation is 3. The number of nitrogens with one attached hydrogen (secondary N) is 1. The molecule has 4 heteroatoms.